The second-order valence-corrected chi connectivity index (χ2v) is 4.63. The van der Waals surface area contributed by atoms with Crippen LogP contribution in [0.1, 0.15) is 10.4 Å². The van der Waals surface area contributed by atoms with Crippen molar-refractivity contribution in [1.82, 2.24) is 4.57 Å². The highest BCUT2D eigenvalue weighted by molar-refractivity contribution is 9.10. The predicted octanol–water partition coefficient (Wildman–Crippen LogP) is 2.63. The molecule has 0 amide bonds. The largest absolute Gasteiger partial charge is 0.307 e. The molecule has 0 radical (unpaired) electrons. The normalized spacial score (nSPS) is 10.3. The highest BCUT2D eigenvalue weighted by atomic mass is 79.9. The number of rotatable bonds is 3. The van der Waals surface area contributed by atoms with Crippen LogP contribution in [0.3, 0.4) is 0 Å². The highest BCUT2D eigenvalue weighted by Gasteiger charge is 2.12. The summed E-state index contributed by atoms with van der Waals surface area (Å²) >= 11 is 3.21. The Hall–Kier alpha value is -1.75. The molecule has 2 aromatic rings. The Morgan fingerprint density at radius 1 is 1.22 bits per heavy atom. The van der Waals surface area contributed by atoms with Gasteiger partial charge in [-0.2, -0.15) is 0 Å². The minimum atomic E-state index is -0.578. The molecule has 5 heteroatoms. The summed E-state index contributed by atoms with van der Waals surface area (Å²) in [4.78, 5) is 23.4. The minimum absolute atomic E-state index is 0.00984. The Morgan fingerprint density at radius 3 is 2.67 bits per heavy atom. The Bertz CT molecular complexity index is 651. The monoisotopic (exact) mass is 309 g/mol. The second kappa shape index (κ2) is 5.27. The summed E-state index contributed by atoms with van der Waals surface area (Å²) in [5, 5.41) is 0. The molecule has 0 N–H and O–H groups in total. The van der Waals surface area contributed by atoms with Crippen molar-refractivity contribution in [3.63, 3.8) is 0 Å². The zero-order valence-electron chi connectivity index (χ0n) is 9.27. The van der Waals surface area contributed by atoms with Crippen LogP contribution in [0.5, 0.6) is 0 Å². The fraction of sp³-hybridized carbons (Fsp3) is 0.0769. The zero-order valence-corrected chi connectivity index (χ0v) is 10.9. The Kier molecular flexibility index (Phi) is 3.72. The summed E-state index contributed by atoms with van der Waals surface area (Å²) in [5.74, 6) is -1.01. The molecule has 18 heavy (non-hydrogen) atoms. The number of Topliss-reactive ketones (excluding diaryl/α,β-unsaturated/α-hetero) is 1. The summed E-state index contributed by atoms with van der Waals surface area (Å²) in [6, 6.07) is 8.65. The number of aromatic nitrogens is 1. The number of benzene rings is 1. The van der Waals surface area contributed by atoms with E-state index in [0.29, 0.717) is 4.47 Å². The van der Waals surface area contributed by atoms with Crippen molar-refractivity contribution in [2.75, 3.05) is 0 Å². The van der Waals surface area contributed by atoms with E-state index < -0.39 is 11.6 Å². The minimum Gasteiger partial charge on any atom is -0.307 e. The van der Waals surface area contributed by atoms with E-state index in [4.69, 9.17) is 0 Å². The van der Waals surface area contributed by atoms with Crippen LogP contribution in [0.4, 0.5) is 4.39 Å². The van der Waals surface area contributed by atoms with Gasteiger partial charge in [0.05, 0.1) is 12.1 Å². The van der Waals surface area contributed by atoms with Crippen molar-refractivity contribution in [1.29, 1.82) is 0 Å². The first-order chi connectivity index (χ1) is 8.58. The zero-order chi connectivity index (χ0) is 13.1. The molecule has 0 saturated carbocycles. The van der Waals surface area contributed by atoms with Crippen LogP contribution in [-0.4, -0.2) is 10.4 Å². The summed E-state index contributed by atoms with van der Waals surface area (Å²) in [7, 11) is 0. The van der Waals surface area contributed by atoms with Crippen LogP contribution in [0, 0.1) is 5.82 Å². The fourth-order valence-electron chi connectivity index (χ4n) is 1.55. The van der Waals surface area contributed by atoms with Gasteiger partial charge in [-0.15, -0.1) is 0 Å². The van der Waals surface area contributed by atoms with Crippen LogP contribution >= 0.6 is 15.9 Å². The summed E-state index contributed by atoms with van der Waals surface area (Å²) in [6.07, 6.45) is 1.50. The van der Waals surface area contributed by atoms with Gasteiger partial charge in [0.2, 0.25) is 0 Å². The van der Waals surface area contributed by atoms with Crippen LogP contribution < -0.4 is 5.56 Å². The number of hydrogen-bond donors (Lipinski definition) is 0. The lowest BCUT2D eigenvalue weighted by Gasteiger charge is -2.06. The smallest absolute Gasteiger partial charge is 0.251 e. The van der Waals surface area contributed by atoms with Crippen molar-refractivity contribution in [2.24, 2.45) is 0 Å². The molecule has 3 nitrogen and oxygen atoms in total. The van der Waals surface area contributed by atoms with Gasteiger partial charge >= 0.3 is 0 Å². The van der Waals surface area contributed by atoms with Gasteiger partial charge in [0.15, 0.2) is 5.78 Å². The molecule has 0 spiro atoms. The number of ketones is 1. The van der Waals surface area contributed by atoms with E-state index in [1.54, 1.807) is 12.1 Å². The van der Waals surface area contributed by atoms with Crippen molar-refractivity contribution in [3.8, 4) is 0 Å². The van der Waals surface area contributed by atoms with E-state index in [2.05, 4.69) is 15.9 Å². The topological polar surface area (TPSA) is 39.1 Å². The average molecular weight is 310 g/mol. The van der Waals surface area contributed by atoms with E-state index >= 15 is 0 Å². The second-order valence-electron chi connectivity index (χ2n) is 3.72. The first-order valence-corrected chi connectivity index (χ1v) is 6.01. The molecule has 1 aromatic heterocycles. The molecule has 0 bridgehead atoms. The molecule has 2 rings (SSSR count). The average Bonchev–Trinajstić information content (AvgIpc) is 2.34. The maximum Gasteiger partial charge on any atom is 0.251 e. The number of nitrogens with zero attached hydrogens (tertiary/aromatic N) is 1. The number of halogens is 2. The molecule has 0 aliphatic heterocycles. The van der Waals surface area contributed by atoms with Crippen LogP contribution in [0.25, 0.3) is 0 Å². The maximum atomic E-state index is 13.4. The van der Waals surface area contributed by atoms with E-state index in [1.165, 1.54) is 35.0 Å². The molecular weight excluding hydrogens is 301 g/mol. The van der Waals surface area contributed by atoms with Crippen LogP contribution in [-0.2, 0) is 6.54 Å². The van der Waals surface area contributed by atoms with E-state index in [1.807, 2.05) is 0 Å². The van der Waals surface area contributed by atoms with E-state index in [-0.39, 0.29) is 17.7 Å². The molecule has 0 atom stereocenters. The number of hydrogen-bond acceptors (Lipinski definition) is 2. The fourth-order valence-corrected chi connectivity index (χ4v) is 1.93. The third kappa shape index (κ3) is 2.73. The number of carbonyl (C=O) groups is 1. The molecule has 0 saturated heterocycles. The molecule has 92 valence electrons. The van der Waals surface area contributed by atoms with E-state index in [0.717, 1.165) is 0 Å². The lowest BCUT2D eigenvalue weighted by Crippen LogP contribution is -2.23. The van der Waals surface area contributed by atoms with Gasteiger partial charge in [-0.25, -0.2) is 4.39 Å². The Morgan fingerprint density at radius 2 is 1.94 bits per heavy atom. The van der Waals surface area contributed by atoms with Crippen LogP contribution in [0.2, 0.25) is 0 Å². The third-order valence-corrected chi connectivity index (χ3v) is 2.90. The number of pyridine rings is 1. The van der Waals surface area contributed by atoms with Gasteiger partial charge in [0, 0.05) is 16.7 Å². The predicted molar refractivity (Wildman–Crippen MR) is 69.1 cm³/mol. The van der Waals surface area contributed by atoms with Crippen molar-refractivity contribution < 1.29 is 9.18 Å². The summed E-state index contributed by atoms with van der Waals surface area (Å²) in [5.41, 5.74) is -0.313. The standard InChI is InChI=1S/C13H9BrFNO2/c14-9-5-6-13(18)16(7-9)8-12(17)10-3-1-2-4-11(10)15/h1-7H,8H2. The Labute approximate surface area is 111 Å². The quantitative estimate of drug-likeness (QED) is 0.818. The molecular formula is C13H9BrFNO2. The van der Waals surface area contributed by atoms with E-state index in [9.17, 15) is 14.0 Å². The first kappa shape index (κ1) is 12.7. The molecule has 1 heterocycles. The maximum absolute atomic E-state index is 13.4. The van der Waals surface area contributed by atoms with Gasteiger partial charge < -0.3 is 4.57 Å². The molecule has 0 unspecified atom stereocenters. The number of carbonyl (C=O) groups excluding carboxylic acids is 1. The molecule has 0 fully saturated rings. The summed E-state index contributed by atoms with van der Waals surface area (Å²) in [6.45, 7) is -0.181. The SMILES string of the molecule is O=C(Cn1cc(Br)ccc1=O)c1ccccc1F. The highest BCUT2D eigenvalue weighted by Crippen LogP contribution is 2.09. The van der Waals surface area contributed by atoms with Crippen LogP contribution in [0.15, 0.2) is 51.9 Å². The summed E-state index contributed by atoms with van der Waals surface area (Å²) < 4.78 is 15.3. The lowest BCUT2D eigenvalue weighted by atomic mass is 10.1. The van der Waals surface area contributed by atoms with Crippen molar-refractivity contribution in [3.05, 3.63) is 68.8 Å². The Balaban J connectivity index is 2.30. The lowest BCUT2D eigenvalue weighted by molar-refractivity contribution is 0.0967. The van der Waals surface area contributed by atoms with Gasteiger partial charge in [0.1, 0.15) is 5.82 Å². The van der Waals surface area contributed by atoms with Gasteiger partial charge in [-0.3, -0.25) is 9.59 Å². The third-order valence-electron chi connectivity index (χ3n) is 2.44. The van der Waals surface area contributed by atoms with Gasteiger partial charge in [-0.1, -0.05) is 12.1 Å². The molecule has 1 aromatic carbocycles. The molecule has 0 aliphatic rings. The first-order valence-electron chi connectivity index (χ1n) is 5.21. The molecule has 0 aliphatic carbocycles. The van der Waals surface area contributed by atoms with Gasteiger partial charge in [0.25, 0.3) is 5.56 Å². The van der Waals surface area contributed by atoms with Gasteiger partial charge in [-0.05, 0) is 34.1 Å². The van der Waals surface area contributed by atoms with Crippen molar-refractivity contribution >= 4 is 21.7 Å². The van der Waals surface area contributed by atoms with Crippen molar-refractivity contribution in [2.45, 2.75) is 6.54 Å².